The second-order valence-corrected chi connectivity index (χ2v) is 8.02. The minimum Gasteiger partial charge on any atom is -0.497 e. The first-order chi connectivity index (χ1) is 14.6. The van der Waals surface area contributed by atoms with Gasteiger partial charge in [0.05, 0.1) is 19.7 Å². The molecule has 2 aliphatic rings. The smallest absolute Gasteiger partial charge is 0.246 e. The van der Waals surface area contributed by atoms with Gasteiger partial charge < -0.3 is 19.5 Å². The summed E-state index contributed by atoms with van der Waals surface area (Å²) in [5, 5.41) is 1.05. The summed E-state index contributed by atoms with van der Waals surface area (Å²) in [5.41, 5.74) is 4.09. The highest BCUT2D eigenvalue weighted by Crippen LogP contribution is 2.43. The lowest BCUT2D eigenvalue weighted by atomic mass is 9.86. The normalized spacial score (nSPS) is 21.0. The summed E-state index contributed by atoms with van der Waals surface area (Å²) in [4.78, 5) is 33.7. The van der Waals surface area contributed by atoms with Crippen molar-refractivity contribution in [2.75, 3.05) is 20.2 Å². The quantitative estimate of drug-likeness (QED) is 0.727. The first-order valence-electron chi connectivity index (χ1n) is 10.5. The molecule has 154 valence electrons. The predicted molar refractivity (Wildman–Crippen MR) is 114 cm³/mol. The SMILES string of the molecule is CCCN1CC(=O)N2C(Cc3c([nH]c4ccc(OC)cc34)[C@H]2c2ccccc2)C1=O. The standard InChI is InChI=1S/C24H25N3O3/c1-3-11-26-14-21(28)27-20(24(26)29)13-18-17-12-16(30-2)9-10-19(17)25-22(18)23(27)15-7-5-4-6-8-15/h4-10,12,20,23,25H,3,11,13-14H2,1-2H3/t20?,23-/m1/s1. The van der Waals surface area contributed by atoms with Gasteiger partial charge in [-0.05, 0) is 35.7 Å². The number of fused-ring (bicyclic) bond motifs is 4. The van der Waals surface area contributed by atoms with Crippen molar-refractivity contribution in [2.45, 2.75) is 31.8 Å². The van der Waals surface area contributed by atoms with Crippen molar-refractivity contribution in [1.29, 1.82) is 0 Å². The van der Waals surface area contributed by atoms with Crippen LogP contribution in [-0.2, 0) is 16.0 Å². The maximum atomic E-state index is 13.4. The molecule has 1 saturated heterocycles. The molecule has 0 bridgehead atoms. The average Bonchev–Trinajstić information content (AvgIpc) is 3.14. The van der Waals surface area contributed by atoms with Gasteiger partial charge in [-0.25, -0.2) is 0 Å². The zero-order valence-electron chi connectivity index (χ0n) is 17.2. The van der Waals surface area contributed by atoms with E-state index >= 15 is 0 Å². The molecule has 1 unspecified atom stereocenters. The first kappa shape index (κ1) is 18.7. The van der Waals surface area contributed by atoms with E-state index in [1.165, 1.54) is 0 Å². The van der Waals surface area contributed by atoms with Crippen molar-refractivity contribution in [3.8, 4) is 5.75 Å². The third-order valence-electron chi connectivity index (χ3n) is 6.25. The molecule has 0 spiro atoms. The molecule has 5 rings (SSSR count). The van der Waals surface area contributed by atoms with E-state index in [-0.39, 0.29) is 24.4 Å². The van der Waals surface area contributed by atoms with E-state index in [0.717, 1.165) is 39.9 Å². The van der Waals surface area contributed by atoms with Gasteiger partial charge in [-0.2, -0.15) is 0 Å². The molecule has 30 heavy (non-hydrogen) atoms. The topological polar surface area (TPSA) is 65.6 Å². The van der Waals surface area contributed by atoms with Crippen LogP contribution in [0, 0.1) is 0 Å². The fourth-order valence-corrected chi connectivity index (χ4v) is 4.92. The highest BCUT2D eigenvalue weighted by Gasteiger charge is 2.47. The number of hydrogen-bond acceptors (Lipinski definition) is 3. The van der Waals surface area contributed by atoms with E-state index in [0.29, 0.717) is 13.0 Å². The van der Waals surface area contributed by atoms with Crippen molar-refractivity contribution in [1.82, 2.24) is 14.8 Å². The van der Waals surface area contributed by atoms with Crippen molar-refractivity contribution >= 4 is 22.7 Å². The highest BCUT2D eigenvalue weighted by molar-refractivity contribution is 5.97. The Balaban J connectivity index is 1.71. The van der Waals surface area contributed by atoms with Gasteiger partial charge in [0.15, 0.2) is 0 Å². The summed E-state index contributed by atoms with van der Waals surface area (Å²) in [6.07, 6.45) is 1.35. The molecule has 0 saturated carbocycles. The molecule has 3 aromatic rings. The lowest BCUT2D eigenvalue weighted by molar-refractivity contribution is -0.158. The summed E-state index contributed by atoms with van der Waals surface area (Å²) in [7, 11) is 1.65. The van der Waals surface area contributed by atoms with E-state index in [1.54, 1.807) is 16.9 Å². The predicted octanol–water partition coefficient (Wildman–Crippen LogP) is 3.27. The summed E-state index contributed by atoms with van der Waals surface area (Å²) in [6.45, 7) is 2.79. The van der Waals surface area contributed by atoms with Gasteiger partial charge in [0.2, 0.25) is 11.8 Å². The van der Waals surface area contributed by atoms with Crippen molar-refractivity contribution in [3.63, 3.8) is 0 Å². The maximum absolute atomic E-state index is 13.4. The Kier molecular flexibility index (Phi) is 4.50. The van der Waals surface area contributed by atoms with E-state index in [4.69, 9.17) is 4.74 Å². The molecule has 1 aromatic heterocycles. The molecule has 2 aliphatic heterocycles. The Morgan fingerprint density at radius 3 is 2.67 bits per heavy atom. The van der Waals surface area contributed by atoms with E-state index in [9.17, 15) is 9.59 Å². The van der Waals surface area contributed by atoms with Crippen LogP contribution >= 0.6 is 0 Å². The van der Waals surface area contributed by atoms with Crippen LogP contribution in [0.25, 0.3) is 10.9 Å². The van der Waals surface area contributed by atoms with Gasteiger partial charge in [0, 0.05) is 29.6 Å². The van der Waals surface area contributed by atoms with E-state index in [2.05, 4.69) is 4.98 Å². The summed E-state index contributed by atoms with van der Waals surface area (Å²) in [6, 6.07) is 15.1. The number of aromatic nitrogens is 1. The van der Waals surface area contributed by atoms with Crippen LogP contribution in [0.15, 0.2) is 48.5 Å². The molecule has 2 atom stereocenters. The summed E-state index contributed by atoms with van der Waals surface area (Å²) >= 11 is 0. The molecule has 2 amide bonds. The van der Waals surface area contributed by atoms with Gasteiger partial charge in [-0.15, -0.1) is 0 Å². The highest BCUT2D eigenvalue weighted by atomic mass is 16.5. The van der Waals surface area contributed by atoms with E-state index in [1.807, 2.05) is 55.5 Å². The van der Waals surface area contributed by atoms with Crippen LogP contribution in [0.5, 0.6) is 5.75 Å². The van der Waals surface area contributed by atoms with Crippen LogP contribution in [0.2, 0.25) is 0 Å². The van der Waals surface area contributed by atoms with Crippen molar-refractivity contribution in [2.24, 2.45) is 0 Å². The van der Waals surface area contributed by atoms with Crippen LogP contribution < -0.4 is 4.74 Å². The van der Waals surface area contributed by atoms with Crippen molar-refractivity contribution < 1.29 is 14.3 Å². The Morgan fingerprint density at radius 1 is 1.13 bits per heavy atom. The molecular weight excluding hydrogens is 378 g/mol. The monoisotopic (exact) mass is 403 g/mol. The molecule has 6 nitrogen and oxygen atoms in total. The van der Waals surface area contributed by atoms with Crippen LogP contribution in [0.4, 0.5) is 0 Å². The number of H-pyrrole nitrogens is 1. The lowest BCUT2D eigenvalue weighted by Crippen LogP contribution is -2.63. The number of piperazine rings is 1. The molecular formula is C24H25N3O3. The molecule has 0 radical (unpaired) electrons. The maximum Gasteiger partial charge on any atom is 0.246 e. The number of benzene rings is 2. The Bertz CT molecular complexity index is 1120. The molecule has 2 aromatic carbocycles. The number of carbonyl (C=O) groups excluding carboxylic acids is 2. The minimum atomic E-state index is -0.485. The Labute approximate surface area is 175 Å². The first-order valence-corrected chi connectivity index (χ1v) is 10.5. The van der Waals surface area contributed by atoms with Gasteiger partial charge in [0.25, 0.3) is 0 Å². The van der Waals surface area contributed by atoms with Gasteiger partial charge >= 0.3 is 0 Å². The Morgan fingerprint density at radius 2 is 1.93 bits per heavy atom. The zero-order valence-corrected chi connectivity index (χ0v) is 17.2. The van der Waals surface area contributed by atoms with Crippen LogP contribution in [0.1, 0.15) is 36.2 Å². The Hall–Kier alpha value is -3.28. The number of rotatable bonds is 4. The minimum absolute atomic E-state index is 0.00351. The third-order valence-corrected chi connectivity index (χ3v) is 6.25. The number of methoxy groups -OCH3 is 1. The number of aromatic amines is 1. The second-order valence-electron chi connectivity index (χ2n) is 8.02. The summed E-state index contributed by atoms with van der Waals surface area (Å²) < 4.78 is 5.43. The third kappa shape index (κ3) is 2.78. The fraction of sp³-hybridized carbons (Fsp3) is 0.333. The molecule has 1 N–H and O–H groups in total. The average molecular weight is 403 g/mol. The molecule has 0 aliphatic carbocycles. The van der Waals surface area contributed by atoms with E-state index < -0.39 is 6.04 Å². The largest absolute Gasteiger partial charge is 0.497 e. The van der Waals surface area contributed by atoms with Gasteiger partial charge in [-0.3, -0.25) is 9.59 Å². The lowest BCUT2D eigenvalue weighted by Gasteiger charge is -2.47. The summed E-state index contributed by atoms with van der Waals surface area (Å²) in [5.74, 6) is 0.825. The van der Waals surface area contributed by atoms with Gasteiger partial charge in [-0.1, -0.05) is 37.3 Å². The van der Waals surface area contributed by atoms with Crippen molar-refractivity contribution in [3.05, 3.63) is 65.4 Å². The molecule has 1 fully saturated rings. The zero-order chi connectivity index (χ0) is 20.8. The van der Waals surface area contributed by atoms with Gasteiger partial charge in [0.1, 0.15) is 11.8 Å². The van der Waals surface area contributed by atoms with Crippen LogP contribution in [-0.4, -0.2) is 52.8 Å². The fourth-order valence-electron chi connectivity index (χ4n) is 4.92. The number of ether oxygens (including phenoxy) is 1. The van der Waals surface area contributed by atoms with Crippen LogP contribution in [0.3, 0.4) is 0 Å². The number of carbonyl (C=O) groups is 2. The molecule has 6 heteroatoms. The number of nitrogens with zero attached hydrogens (tertiary/aromatic N) is 2. The number of amides is 2. The second kappa shape index (κ2) is 7.20. The number of hydrogen-bond donors (Lipinski definition) is 1. The number of nitrogens with one attached hydrogen (secondary N) is 1. The molecule has 3 heterocycles.